The van der Waals surface area contributed by atoms with E-state index in [4.69, 9.17) is 11.6 Å². The molecule has 0 radical (unpaired) electrons. The first-order valence-electron chi connectivity index (χ1n) is 10.1. The maximum absolute atomic E-state index is 13.3. The standard InChI is InChI=1S/C23H25ClN4O2/c1-16(29)26-21(14-17-15-25-20-8-4-2-6-18(17)20)23(30)28-12-10-27(11-13-28)22-9-5-3-7-19(22)24/h2-9,15,21,25H,10-14H2,1H3,(H,26,29). The van der Waals surface area contributed by atoms with Crippen LogP contribution in [0.3, 0.4) is 0 Å². The number of hydrogen-bond donors (Lipinski definition) is 2. The van der Waals surface area contributed by atoms with Gasteiger partial charge in [0.15, 0.2) is 0 Å². The summed E-state index contributed by atoms with van der Waals surface area (Å²) in [6, 6.07) is 15.1. The summed E-state index contributed by atoms with van der Waals surface area (Å²) < 4.78 is 0. The number of benzene rings is 2. The zero-order valence-electron chi connectivity index (χ0n) is 16.9. The van der Waals surface area contributed by atoms with Crippen molar-refractivity contribution in [1.29, 1.82) is 0 Å². The maximum atomic E-state index is 13.3. The van der Waals surface area contributed by atoms with Crippen LogP contribution >= 0.6 is 11.6 Å². The molecule has 0 spiro atoms. The number of rotatable bonds is 5. The summed E-state index contributed by atoms with van der Waals surface area (Å²) in [5.74, 6) is -0.253. The van der Waals surface area contributed by atoms with E-state index in [1.165, 1.54) is 6.92 Å². The molecule has 1 saturated heterocycles. The fraction of sp³-hybridized carbons (Fsp3) is 0.304. The Kier molecular flexibility index (Phi) is 5.95. The average Bonchev–Trinajstić information content (AvgIpc) is 3.16. The number of halogens is 1. The van der Waals surface area contributed by atoms with E-state index in [2.05, 4.69) is 15.2 Å². The minimum Gasteiger partial charge on any atom is -0.367 e. The minimum atomic E-state index is -0.589. The van der Waals surface area contributed by atoms with Crippen LogP contribution in [0.2, 0.25) is 5.02 Å². The lowest BCUT2D eigenvalue weighted by atomic mass is 10.0. The number of nitrogens with one attached hydrogen (secondary N) is 2. The number of aromatic amines is 1. The van der Waals surface area contributed by atoms with Crippen molar-refractivity contribution in [3.05, 3.63) is 65.3 Å². The third-order valence-electron chi connectivity index (χ3n) is 5.56. The molecule has 156 valence electrons. The number of aromatic nitrogens is 1. The second-order valence-corrected chi connectivity index (χ2v) is 7.99. The number of amides is 2. The SMILES string of the molecule is CC(=O)NC(Cc1c[nH]c2ccccc12)C(=O)N1CCN(c2ccccc2Cl)CC1. The van der Waals surface area contributed by atoms with Crippen LogP contribution in [0.4, 0.5) is 5.69 Å². The molecule has 7 heteroatoms. The number of H-pyrrole nitrogens is 1. The monoisotopic (exact) mass is 424 g/mol. The third kappa shape index (κ3) is 4.28. The smallest absolute Gasteiger partial charge is 0.245 e. The quantitative estimate of drug-likeness (QED) is 0.660. The fourth-order valence-electron chi connectivity index (χ4n) is 4.06. The topological polar surface area (TPSA) is 68.4 Å². The van der Waals surface area contributed by atoms with Crippen molar-refractivity contribution in [2.75, 3.05) is 31.1 Å². The van der Waals surface area contributed by atoms with Crippen LogP contribution in [0.1, 0.15) is 12.5 Å². The Balaban J connectivity index is 1.46. The largest absolute Gasteiger partial charge is 0.367 e. The first kappa shape index (κ1) is 20.3. The van der Waals surface area contributed by atoms with Gasteiger partial charge in [-0.05, 0) is 23.8 Å². The summed E-state index contributed by atoms with van der Waals surface area (Å²) in [7, 11) is 0. The van der Waals surface area contributed by atoms with Gasteiger partial charge in [0.1, 0.15) is 6.04 Å². The third-order valence-corrected chi connectivity index (χ3v) is 5.88. The highest BCUT2D eigenvalue weighted by Gasteiger charge is 2.29. The Morgan fingerprint density at radius 2 is 1.77 bits per heavy atom. The van der Waals surface area contributed by atoms with Gasteiger partial charge in [-0.2, -0.15) is 0 Å². The van der Waals surface area contributed by atoms with Crippen molar-refractivity contribution >= 4 is 40.0 Å². The van der Waals surface area contributed by atoms with Crippen LogP contribution in [0, 0.1) is 0 Å². The number of carbonyl (C=O) groups is 2. The van der Waals surface area contributed by atoms with Gasteiger partial charge in [-0.15, -0.1) is 0 Å². The molecule has 1 aliphatic rings. The average molecular weight is 425 g/mol. The molecule has 2 heterocycles. The first-order valence-corrected chi connectivity index (χ1v) is 10.5. The highest BCUT2D eigenvalue weighted by atomic mass is 35.5. The van der Waals surface area contributed by atoms with Crippen LogP contribution < -0.4 is 10.2 Å². The summed E-state index contributed by atoms with van der Waals surface area (Å²) in [6.07, 6.45) is 2.37. The second kappa shape index (κ2) is 8.79. The van der Waals surface area contributed by atoms with Crippen molar-refractivity contribution < 1.29 is 9.59 Å². The van der Waals surface area contributed by atoms with E-state index in [1.807, 2.05) is 59.6 Å². The van der Waals surface area contributed by atoms with Crippen molar-refractivity contribution in [1.82, 2.24) is 15.2 Å². The molecule has 1 aromatic heterocycles. The number of carbonyl (C=O) groups excluding carboxylic acids is 2. The zero-order chi connectivity index (χ0) is 21.1. The maximum Gasteiger partial charge on any atom is 0.245 e. The molecule has 4 rings (SSSR count). The predicted molar refractivity (Wildman–Crippen MR) is 120 cm³/mol. The van der Waals surface area contributed by atoms with E-state index in [9.17, 15) is 9.59 Å². The summed E-state index contributed by atoms with van der Waals surface area (Å²) in [4.78, 5) is 32.3. The molecule has 2 N–H and O–H groups in total. The highest BCUT2D eigenvalue weighted by Crippen LogP contribution is 2.26. The van der Waals surface area contributed by atoms with E-state index in [0.29, 0.717) is 37.6 Å². The van der Waals surface area contributed by atoms with Crippen LogP contribution in [0.15, 0.2) is 54.7 Å². The van der Waals surface area contributed by atoms with E-state index in [1.54, 1.807) is 0 Å². The van der Waals surface area contributed by atoms with Gasteiger partial charge in [0.05, 0.1) is 10.7 Å². The molecule has 1 aliphatic heterocycles. The lowest BCUT2D eigenvalue weighted by Crippen LogP contribution is -2.55. The molecule has 0 bridgehead atoms. The molecule has 2 aromatic carbocycles. The van der Waals surface area contributed by atoms with Gasteiger partial charge in [0.2, 0.25) is 11.8 Å². The molecule has 0 saturated carbocycles. The van der Waals surface area contributed by atoms with Gasteiger partial charge in [-0.1, -0.05) is 41.9 Å². The summed E-state index contributed by atoms with van der Waals surface area (Å²) in [6.45, 7) is 4.04. The molecule has 1 fully saturated rings. The summed E-state index contributed by atoms with van der Waals surface area (Å²) in [5.41, 5.74) is 3.03. The van der Waals surface area contributed by atoms with Crippen molar-refractivity contribution in [3.8, 4) is 0 Å². The number of piperazine rings is 1. The number of fused-ring (bicyclic) bond motifs is 1. The van der Waals surface area contributed by atoms with Crippen molar-refractivity contribution in [3.63, 3.8) is 0 Å². The molecular weight excluding hydrogens is 400 g/mol. The molecule has 1 atom stereocenters. The first-order chi connectivity index (χ1) is 14.5. The molecule has 6 nitrogen and oxygen atoms in total. The van der Waals surface area contributed by atoms with Gasteiger partial charge in [0.25, 0.3) is 0 Å². The lowest BCUT2D eigenvalue weighted by Gasteiger charge is -2.38. The van der Waals surface area contributed by atoms with E-state index < -0.39 is 6.04 Å². The Hall–Kier alpha value is -2.99. The number of anilines is 1. The van der Waals surface area contributed by atoms with Gasteiger partial charge < -0.3 is 20.1 Å². The van der Waals surface area contributed by atoms with Crippen LogP contribution in [-0.2, 0) is 16.0 Å². The molecule has 3 aromatic rings. The molecule has 2 amide bonds. The van der Waals surface area contributed by atoms with E-state index in [-0.39, 0.29) is 11.8 Å². The lowest BCUT2D eigenvalue weighted by molar-refractivity contribution is -0.136. The zero-order valence-corrected chi connectivity index (χ0v) is 17.7. The molecule has 1 unspecified atom stereocenters. The normalized spacial score (nSPS) is 15.3. The van der Waals surface area contributed by atoms with Gasteiger partial charge >= 0.3 is 0 Å². The van der Waals surface area contributed by atoms with Gasteiger partial charge in [-0.25, -0.2) is 0 Å². The van der Waals surface area contributed by atoms with E-state index >= 15 is 0 Å². The predicted octanol–water partition coefficient (Wildman–Crippen LogP) is 3.22. The van der Waals surface area contributed by atoms with Crippen molar-refractivity contribution in [2.24, 2.45) is 0 Å². The number of para-hydroxylation sites is 2. The van der Waals surface area contributed by atoms with Crippen LogP contribution in [0.25, 0.3) is 10.9 Å². The Morgan fingerprint density at radius 1 is 1.07 bits per heavy atom. The van der Waals surface area contributed by atoms with Crippen LogP contribution in [0.5, 0.6) is 0 Å². The molecular formula is C23H25ClN4O2. The summed E-state index contributed by atoms with van der Waals surface area (Å²) in [5, 5.41) is 4.64. The van der Waals surface area contributed by atoms with Crippen LogP contribution in [-0.4, -0.2) is 53.9 Å². The summed E-state index contributed by atoms with van der Waals surface area (Å²) >= 11 is 6.32. The van der Waals surface area contributed by atoms with Gasteiger partial charge in [-0.3, -0.25) is 9.59 Å². The molecule has 0 aliphatic carbocycles. The minimum absolute atomic E-state index is 0.0470. The Bertz CT molecular complexity index is 1060. The van der Waals surface area contributed by atoms with Gasteiger partial charge in [0, 0.05) is 56.6 Å². The Labute approximate surface area is 180 Å². The second-order valence-electron chi connectivity index (χ2n) is 7.58. The van der Waals surface area contributed by atoms with E-state index in [0.717, 1.165) is 22.2 Å². The molecule has 30 heavy (non-hydrogen) atoms. The van der Waals surface area contributed by atoms with Crippen molar-refractivity contribution in [2.45, 2.75) is 19.4 Å². The fourth-order valence-corrected chi connectivity index (χ4v) is 4.32. The number of nitrogens with zero attached hydrogens (tertiary/aromatic N) is 2. The highest BCUT2D eigenvalue weighted by molar-refractivity contribution is 6.33. The number of hydrogen-bond acceptors (Lipinski definition) is 3. The Morgan fingerprint density at radius 3 is 2.50 bits per heavy atom.